The van der Waals surface area contributed by atoms with Crippen LogP contribution < -0.4 is 5.32 Å². The van der Waals surface area contributed by atoms with Crippen LogP contribution >= 0.6 is 11.6 Å². The molecule has 0 bridgehead atoms. The van der Waals surface area contributed by atoms with Crippen LogP contribution in [0.3, 0.4) is 0 Å². The predicted molar refractivity (Wildman–Crippen MR) is 58.2 cm³/mol. The lowest BCUT2D eigenvalue weighted by atomic mass is 10.1. The summed E-state index contributed by atoms with van der Waals surface area (Å²) in [6.45, 7) is 1.01. The Hall–Kier alpha value is -0.870. The summed E-state index contributed by atoms with van der Waals surface area (Å²) in [4.78, 5) is 11.9. The molecule has 1 aromatic rings. The number of aryl methyl sites for hydroxylation is 1. The summed E-state index contributed by atoms with van der Waals surface area (Å²) in [6, 6.07) is 0.309. The SMILES string of the molecule is Cn1ncc(Cl)c1C(=O)CC1CCCN1. The number of aromatic nitrogens is 2. The van der Waals surface area contributed by atoms with E-state index in [1.165, 1.54) is 6.20 Å². The van der Waals surface area contributed by atoms with E-state index in [2.05, 4.69) is 10.4 Å². The molecule has 0 aromatic carbocycles. The van der Waals surface area contributed by atoms with Gasteiger partial charge < -0.3 is 5.32 Å². The van der Waals surface area contributed by atoms with Crippen LogP contribution in [0.1, 0.15) is 29.8 Å². The average Bonchev–Trinajstić information content (AvgIpc) is 2.77. The van der Waals surface area contributed by atoms with Crippen LogP contribution in [0.5, 0.6) is 0 Å². The van der Waals surface area contributed by atoms with Crippen molar-refractivity contribution in [1.29, 1.82) is 0 Å². The smallest absolute Gasteiger partial charge is 0.183 e. The first-order valence-corrected chi connectivity index (χ1v) is 5.50. The molecule has 0 saturated carbocycles. The molecule has 0 aliphatic carbocycles. The van der Waals surface area contributed by atoms with Gasteiger partial charge in [-0.2, -0.15) is 5.10 Å². The van der Waals surface area contributed by atoms with Crippen LogP contribution in [0.4, 0.5) is 0 Å². The number of hydrogen-bond acceptors (Lipinski definition) is 3. The van der Waals surface area contributed by atoms with Gasteiger partial charge in [-0.3, -0.25) is 9.48 Å². The number of nitrogens with zero attached hydrogens (tertiary/aromatic N) is 2. The lowest BCUT2D eigenvalue weighted by molar-refractivity contribution is 0.0962. The predicted octanol–water partition coefficient (Wildman–Crippen LogP) is 1.40. The highest BCUT2D eigenvalue weighted by Crippen LogP contribution is 2.18. The van der Waals surface area contributed by atoms with Crippen molar-refractivity contribution in [3.8, 4) is 0 Å². The van der Waals surface area contributed by atoms with Crippen molar-refractivity contribution in [3.63, 3.8) is 0 Å². The van der Waals surface area contributed by atoms with Crippen molar-refractivity contribution in [2.45, 2.75) is 25.3 Å². The van der Waals surface area contributed by atoms with Crippen LogP contribution in [0, 0.1) is 0 Å². The van der Waals surface area contributed by atoms with Gasteiger partial charge in [-0.1, -0.05) is 11.6 Å². The Morgan fingerprint density at radius 1 is 1.80 bits per heavy atom. The van der Waals surface area contributed by atoms with E-state index in [0.717, 1.165) is 19.4 Å². The first-order chi connectivity index (χ1) is 7.18. The average molecular weight is 228 g/mol. The third-order valence-electron chi connectivity index (χ3n) is 2.75. The Balaban J connectivity index is 2.07. The van der Waals surface area contributed by atoms with Crippen LogP contribution in [0.25, 0.3) is 0 Å². The van der Waals surface area contributed by atoms with Gasteiger partial charge in [0.15, 0.2) is 5.78 Å². The van der Waals surface area contributed by atoms with Gasteiger partial charge in [0.05, 0.1) is 11.2 Å². The molecule has 1 aliphatic heterocycles. The van der Waals surface area contributed by atoms with E-state index in [4.69, 9.17) is 11.6 Å². The number of halogens is 1. The topological polar surface area (TPSA) is 46.9 Å². The molecule has 1 aromatic heterocycles. The standard InChI is InChI=1S/C10H14ClN3O/c1-14-10(8(11)6-13-14)9(15)5-7-3-2-4-12-7/h6-7,12H,2-5H2,1H3. The number of Topliss-reactive ketones (excluding diaryl/α,β-unsaturated/α-hetero) is 1. The zero-order valence-electron chi connectivity index (χ0n) is 8.66. The summed E-state index contributed by atoms with van der Waals surface area (Å²) in [5, 5.41) is 7.69. The number of nitrogens with one attached hydrogen (secondary N) is 1. The molecule has 1 saturated heterocycles. The molecule has 0 spiro atoms. The van der Waals surface area contributed by atoms with Gasteiger partial charge in [-0.05, 0) is 19.4 Å². The Morgan fingerprint density at radius 2 is 2.60 bits per heavy atom. The summed E-state index contributed by atoms with van der Waals surface area (Å²) < 4.78 is 1.54. The maximum Gasteiger partial charge on any atom is 0.183 e. The van der Waals surface area contributed by atoms with Crippen LogP contribution in [0.15, 0.2) is 6.20 Å². The lowest BCUT2D eigenvalue weighted by Crippen LogP contribution is -2.25. The largest absolute Gasteiger partial charge is 0.314 e. The minimum atomic E-state index is 0.0689. The molecule has 4 nitrogen and oxygen atoms in total. The molecule has 5 heteroatoms. The fourth-order valence-electron chi connectivity index (χ4n) is 1.98. The van der Waals surface area contributed by atoms with Gasteiger partial charge in [0.1, 0.15) is 5.69 Å². The highest BCUT2D eigenvalue weighted by atomic mass is 35.5. The lowest BCUT2D eigenvalue weighted by Gasteiger charge is -2.09. The molecule has 1 N–H and O–H groups in total. The number of rotatable bonds is 3. The summed E-state index contributed by atoms with van der Waals surface area (Å²) >= 11 is 5.90. The molecular formula is C10H14ClN3O. The van der Waals surface area contributed by atoms with Crippen molar-refractivity contribution < 1.29 is 4.79 Å². The van der Waals surface area contributed by atoms with Gasteiger partial charge in [0, 0.05) is 19.5 Å². The number of hydrogen-bond donors (Lipinski definition) is 1. The molecular weight excluding hydrogens is 214 g/mol. The molecule has 0 radical (unpaired) electrons. The molecule has 1 atom stereocenters. The van der Waals surface area contributed by atoms with Crippen molar-refractivity contribution >= 4 is 17.4 Å². The van der Waals surface area contributed by atoms with Gasteiger partial charge >= 0.3 is 0 Å². The maximum absolute atomic E-state index is 11.9. The van der Waals surface area contributed by atoms with E-state index in [0.29, 0.717) is 23.2 Å². The summed E-state index contributed by atoms with van der Waals surface area (Å²) in [6.07, 6.45) is 4.24. The Bertz CT molecular complexity index is 349. The molecule has 1 unspecified atom stereocenters. The van der Waals surface area contributed by atoms with E-state index >= 15 is 0 Å². The Kier molecular flexibility index (Phi) is 3.07. The first kappa shape index (κ1) is 10.6. The molecule has 2 heterocycles. The molecule has 1 fully saturated rings. The maximum atomic E-state index is 11.9. The molecule has 2 rings (SSSR count). The highest BCUT2D eigenvalue weighted by molar-refractivity contribution is 6.33. The summed E-state index contributed by atoms with van der Waals surface area (Å²) in [5.41, 5.74) is 0.519. The first-order valence-electron chi connectivity index (χ1n) is 5.12. The second kappa shape index (κ2) is 4.33. The summed E-state index contributed by atoms with van der Waals surface area (Å²) in [7, 11) is 1.74. The monoisotopic (exact) mass is 227 g/mol. The Morgan fingerprint density at radius 3 is 3.13 bits per heavy atom. The van der Waals surface area contributed by atoms with Crippen molar-refractivity contribution in [3.05, 3.63) is 16.9 Å². The van der Waals surface area contributed by atoms with Crippen molar-refractivity contribution in [1.82, 2.24) is 15.1 Å². The number of ketones is 1. The molecule has 1 aliphatic rings. The van der Waals surface area contributed by atoms with Crippen LogP contribution in [0.2, 0.25) is 5.02 Å². The second-order valence-corrected chi connectivity index (χ2v) is 4.29. The fraction of sp³-hybridized carbons (Fsp3) is 0.600. The fourth-order valence-corrected chi connectivity index (χ4v) is 2.25. The quantitative estimate of drug-likeness (QED) is 0.795. The normalized spacial score (nSPS) is 20.8. The molecule has 15 heavy (non-hydrogen) atoms. The molecule has 82 valence electrons. The van der Waals surface area contributed by atoms with Gasteiger partial charge in [-0.15, -0.1) is 0 Å². The molecule has 0 amide bonds. The zero-order chi connectivity index (χ0) is 10.8. The van der Waals surface area contributed by atoms with E-state index in [1.54, 1.807) is 11.7 Å². The van der Waals surface area contributed by atoms with Crippen LogP contribution in [-0.4, -0.2) is 28.2 Å². The van der Waals surface area contributed by atoms with E-state index < -0.39 is 0 Å². The van der Waals surface area contributed by atoms with E-state index in [1.807, 2.05) is 0 Å². The zero-order valence-corrected chi connectivity index (χ0v) is 9.42. The Labute approximate surface area is 93.6 Å². The second-order valence-electron chi connectivity index (χ2n) is 3.89. The van der Waals surface area contributed by atoms with Gasteiger partial charge in [-0.25, -0.2) is 0 Å². The van der Waals surface area contributed by atoms with Gasteiger partial charge in [0.25, 0.3) is 0 Å². The minimum absolute atomic E-state index is 0.0689. The highest BCUT2D eigenvalue weighted by Gasteiger charge is 2.22. The number of carbonyl (C=O) groups excluding carboxylic acids is 1. The van der Waals surface area contributed by atoms with Gasteiger partial charge in [0.2, 0.25) is 0 Å². The number of carbonyl (C=O) groups is 1. The van der Waals surface area contributed by atoms with E-state index in [9.17, 15) is 4.79 Å². The van der Waals surface area contributed by atoms with E-state index in [-0.39, 0.29) is 5.78 Å². The minimum Gasteiger partial charge on any atom is -0.314 e. The van der Waals surface area contributed by atoms with Crippen molar-refractivity contribution in [2.75, 3.05) is 6.54 Å². The third kappa shape index (κ3) is 2.21. The van der Waals surface area contributed by atoms with Crippen molar-refractivity contribution in [2.24, 2.45) is 7.05 Å². The summed E-state index contributed by atoms with van der Waals surface area (Å²) in [5.74, 6) is 0.0689. The third-order valence-corrected chi connectivity index (χ3v) is 3.03. The van der Waals surface area contributed by atoms with Crippen LogP contribution in [-0.2, 0) is 7.05 Å².